The van der Waals surface area contributed by atoms with Crippen LogP contribution in [0.25, 0.3) is 0 Å². The second-order valence-electron chi connectivity index (χ2n) is 3.43. The van der Waals surface area contributed by atoms with Crippen molar-refractivity contribution in [2.24, 2.45) is 0 Å². The number of rotatable bonds is 2. The molecule has 1 aliphatic carbocycles. The van der Waals surface area contributed by atoms with Crippen molar-refractivity contribution in [2.45, 2.75) is 37.8 Å². The molecule has 3 nitrogen and oxygen atoms in total. The molecule has 0 aromatic heterocycles. The number of hydrogen-bond donors (Lipinski definition) is 2. The highest BCUT2D eigenvalue weighted by atomic mass is 35.5. The Morgan fingerprint density at radius 3 is 2.58 bits per heavy atom. The molecule has 0 aromatic rings. The SMILES string of the molecule is Cl.O=C(NC1CC1)[C@@H]1CCCN1. The summed E-state index contributed by atoms with van der Waals surface area (Å²) < 4.78 is 0. The van der Waals surface area contributed by atoms with Crippen molar-refractivity contribution >= 4 is 18.3 Å². The third kappa shape index (κ3) is 2.35. The first-order chi connectivity index (χ1) is 5.36. The Hall–Kier alpha value is -0.280. The van der Waals surface area contributed by atoms with Crippen molar-refractivity contribution in [2.75, 3.05) is 6.54 Å². The van der Waals surface area contributed by atoms with E-state index in [4.69, 9.17) is 0 Å². The van der Waals surface area contributed by atoms with Gasteiger partial charge in [0, 0.05) is 6.04 Å². The Bertz CT molecular complexity index is 164. The van der Waals surface area contributed by atoms with E-state index in [-0.39, 0.29) is 24.4 Å². The summed E-state index contributed by atoms with van der Waals surface area (Å²) in [6.07, 6.45) is 4.51. The summed E-state index contributed by atoms with van der Waals surface area (Å²) in [6, 6.07) is 0.612. The van der Waals surface area contributed by atoms with Gasteiger partial charge in [-0.3, -0.25) is 4.79 Å². The second kappa shape index (κ2) is 4.10. The maximum absolute atomic E-state index is 11.3. The van der Waals surface area contributed by atoms with Gasteiger partial charge in [-0.25, -0.2) is 0 Å². The van der Waals surface area contributed by atoms with Gasteiger partial charge in [0.1, 0.15) is 0 Å². The van der Waals surface area contributed by atoms with Gasteiger partial charge in [-0.1, -0.05) is 0 Å². The van der Waals surface area contributed by atoms with E-state index >= 15 is 0 Å². The largest absolute Gasteiger partial charge is 0.352 e. The first kappa shape index (κ1) is 9.81. The van der Waals surface area contributed by atoms with Crippen LogP contribution in [0.2, 0.25) is 0 Å². The van der Waals surface area contributed by atoms with Crippen molar-refractivity contribution in [3.63, 3.8) is 0 Å². The molecule has 2 rings (SSSR count). The van der Waals surface area contributed by atoms with Crippen molar-refractivity contribution in [3.05, 3.63) is 0 Å². The third-order valence-electron chi connectivity index (χ3n) is 2.30. The van der Waals surface area contributed by atoms with E-state index in [1.165, 1.54) is 12.8 Å². The zero-order valence-electron chi connectivity index (χ0n) is 7.01. The second-order valence-corrected chi connectivity index (χ2v) is 3.43. The van der Waals surface area contributed by atoms with Gasteiger partial charge in [0.25, 0.3) is 0 Å². The van der Waals surface area contributed by atoms with Gasteiger partial charge in [0.05, 0.1) is 6.04 Å². The average Bonchev–Trinajstić information content (AvgIpc) is 2.67. The van der Waals surface area contributed by atoms with Crippen LogP contribution in [0.5, 0.6) is 0 Å². The minimum atomic E-state index is 0. The maximum atomic E-state index is 11.3. The summed E-state index contributed by atoms with van der Waals surface area (Å²) in [7, 11) is 0. The molecule has 0 aromatic carbocycles. The van der Waals surface area contributed by atoms with E-state index in [1.807, 2.05) is 0 Å². The predicted molar refractivity (Wildman–Crippen MR) is 49.4 cm³/mol. The zero-order chi connectivity index (χ0) is 7.68. The van der Waals surface area contributed by atoms with Crippen LogP contribution >= 0.6 is 12.4 Å². The minimum absolute atomic E-state index is 0. The van der Waals surface area contributed by atoms with E-state index < -0.39 is 0 Å². The lowest BCUT2D eigenvalue weighted by molar-refractivity contribution is -0.122. The first-order valence-corrected chi connectivity index (χ1v) is 4.40. The lowest BCUT2D eigenvalue weighted by atomic mass is 10.2. The van der Waals surface area contributed by atoms with Crippen LogP contribution in [0.3, 0.4) is 0 Å². The van der Waals surface area contributed by atoms with Crippen molar-refractivity contribution in [1.29, 1.82) is 0 Å². The van der Waals surface area contributed by atoms with Crippen molar-refractivity contribution in [1.82, 2.24) is 10.6 Å². The Kier molecular flexibility index (Phi) is 3.35. The molecule has 70 valence electrons. The first-order valence-electron chi connectivity index (χ1n) is 4.40. The van der Waals surface area contributed by atoms with E-state index in [0.29, 0.717) is 6.04 Å². The number of amides is 1. The lowest BCUT2D eigenvalue weighted by Crippen LogP contribution is -2.41. The molecule has 2 N–H and O–H groups in total. The monoisotopic (exact) mass is 190 g/mol. The van der Waals surface area contributed by atoms with Gasteiger partial charge >= 0.3 is 0 Å². The summed E-state index contributed by atoms with van der Waals surface area (Å²) in [5, 5.41) is 6.17. The summed E-state index contributed by atoms with van der Waals surface area (Å²) in [4.78, 5) is 11.3. The maximum Gasteiger partial charge on any atom is 0.237 e. The zero-order valence-corrected chi connectivity index (χ0v) is 7.82. The molecule has 1 heterocycles. The molecule has 0 radical (unpaired) electrons. The van der Waals surface area contributed by atoms with Gasteiger partial charge in [-0.15, -0.1) is 12.4 Å². The van der Waals surface area contributed by atoms with Crippen LogP contribution in [0.15, 0.2) is 0 Å². The van der Waals surface area contributed by atoms with Gasteiger partial charge in [-0.05, 0) is 32.2 Å². The van der Waals surface area contributed by atoms with Crippen LogP contribution in [0, 0.1) is 0 Å². The number of carbonyl (C=O) groups is 1. The molecule has 1 saturated carbocycles. The quantitative estimate of drug-likeness (QED) is 0.664. The topological polar surface area (TPSA) is 41.1 Å². The standard InChI is InChI=1S/C8H14N2O.ClH/c11-8(10-6-3-4-6)7-2-1-5-9-7;/h6-7,9H,1-5H2,(H,10,11);1H/t7-;/m0./s1. The Labute approximate surface area is 78.7 Å². The number of nitrogens with one attached hydrogen (secondary N) is 2. The molecular weight excluding hydrogens is 176 g/mol. The highest BCUT2D eigenvalue weighted by Crippen LogP contribution is 2.19. The fourth-order valence-electron chi connectivity index (χ4n) is 1.44. The molecule has 1 saturated heterocycles. The molecule has 2 fully saturated rings. The normalized spacial score (nSPS) is 27.8. The van der Waals surface area contributed by atoms with Crippen LogP contribution in [0.4, 0.5) is 0 Å². The van der Waals surface area contributed by atoms with E-state index in [9.17, 15) is 4.79 Å². The summed E-state index contributed by atoms with van der Waals surface area (Å²) in [5.74, 6) is 0.213. The highest BCUT2D eigenvalue weighted by molar-refractivity contribution is 5.85. The molecule has 0 spiro atoms. The van der Waals surface area contributed by atoms with Crippen LogP contribution < -0.4 is 10.6 Å². The Balaban J connectivity index is 0.000000720. The summed E-state index contributed by atoms with van der Waals surface area (Å²) in [5.41, 5.74) is 0. The minimum Gasteiger partial charge on any atom is -0.352 e. The van der Waals surface area contributed by atoms with E-state index in [2.05, 4.69) is 10.6 Å². The van der Waals surface area contributed by atoms with Crippen LogP contribution in [-0.2, 0) is 4.79 Å². The lowest BCUT2D eigenvalue weighted by Gasteiger charge is -2.09. The van der Waals surface area contributed by atoms with Crippen LogP contribution in [0.1, 0.15) is 25.7 Å². The molecule has 1 amide bonds. The molecular formula is C8H15ClN2O. The van der Waals surface area contributed by atoms with Gasteiger partial charge in [0.15, 0.2) is 0 Å². The van der Waals surface area contributed by atoms with Crippen molar-refractivity contribution < 1.29 is 4.79 Å². The number of hydrogen-bond acceptors (Lipinski definition) is 2. The fourth-order valence-corrected chi connectivity index (χ4v) is 1.44. The van der Waals surface area contributed by atoms with E-state index in [1.54, 1.807) is 0 Å². The van der Waals surface area contributed by atoms with Gasteiger partial charge < -0.3 is 10.6 Å². The van der Waals surface area contributed by atoms with Gasteiger partial charge in [-0.2, -0.15) is 0 Å². The Morgan fingerprint density at radius 2 is 2.08 bits per heavy atom. The summed E-state index contributed by atoms with van der Waals surface area (Å²) in [6.45, 7) is 1.00. The molecule has 0 unspecified atom stereocenters. The molecule has 1 aliphatic heterocycles. The molecule has 0 bridgehead atoms. The number of carbonyl (C=O) groups excluding carboxylic acids is 1. The molecule has 4 heteroatoms. The van der Waals surface area contributed by atoms with Crippen LogP contribution in [-0.4, -0.2) is 24.5 Å². The Morgan fingerprint density at radius 1 is 1.33 bits per heavy atom. The van der Waals surface area contributed by atoms with Crippen molar-refractivity contribution in [3.8, 4) is 0 Å². The predicted octanol–water partition coefficient (Wildman–Crippen LogP) is 0.439. The smallest absolute Gasteiger partial charge is 0.237 e. The van der Waals surface area contributed by atoms with Gasteiger partial charge in [0.2, 0.25) is 5.91 Å². The summed E-state index contributed by atoms with van der Waals surface area (Å²) >= 11 is 0. The molecule has 1 atom stereocenters. The molecule has 12 heavy (non-hydrogen) atoms. The highest BCUT2D eigenvalue weighted by Gasteiger charge is 2.28. The number of halogens is 1. The third-order valence-corrected chi connectivity index (χ3v) is 2.30. The van der Waals surface area contributed by atoms with E-state index in [0.717, 1.165) is 19.4 Å². The molecule has 2 aliphatic rings. The average molecular weight is 191 g/mol. The fraction of sp³-hybridized carbons (Fsp3) is 0.875.